The average Bonchev–Trinajstić information content (AvgIpc) is 3.34. The summed E-state index contributed by atoms with van der Waals surface area (Å²) in [7, 11) is -3.70. The molecule has 0 bridgehead atoms. The van der Waals surface area contributed by atoms with Gasteiger partial charge in [-0.25, -0.2) is 12.8 Å². The lowest BCUT2D eigenvalue weighted by Crippen LogP contribution is -2.33. The van der Waals surface area contributed by atoms with E-state index in [1.165, 1.54) is 22.5 Å². The highest BCUT2D eigenvalue weighted by molar-refractivity contribution is 7.99. The van der Waals surface area contributed by atoms with Crippen molar-refractivity contribution in [2.75, 3.05) is 36.8 Å². The summed E-state index contributed by atoms with van der Waals surface area (Å²) in [5.74, 6) is 0.153. The van der Waals surface area contributed by atoms with Gasteiger partial charge >= 0.3 is 0 Å². The van der Waals surface area contributed by atoms with Crippen LogP contribution in [0.25, 0.3) is 0 Å². The minimum Gasteiger partial charge on any atom is -0.371 e. The van der Waals surface area contributed by atoms with E-state index in [-0.39, 0.29) is 22.7 Å². The van der Waals surface area contributed by atoms with Crippen molar-refractivity contribution in [2.45, 2.75) is 48.9 Å². The molecule has 0 aliphatic carbocycles. The maximum absolute atomic E-state index is 13.9. The Morgan fingerprint density at radius 1 is 1.15 bits per heavy atom. The molecule has 2 aromatic carbocycles. The van der Waals surface area contributed by atoms with E-state index in [1.807, 2.05) is 0 Å². The number of rotatable bonds is 7. The quantitative estimate of drug-likeness (QED) is 0.621. The summed E-state index contributed by atoms with van der Waals surface area (Å²) in [6.07, 6.45) is 2.75. The topological polar surface area (TPSA) is 69.7 Å². The summed E-state index contributed by atoms with van der Waals surface area (Å²) in [6.45, 7) is 5.97. The molecule has 2 aromatic rings. The molecule has 33 heavy (non-hydrogen) atoms. The lowest BCUT2D eigenvalue weighted by Gasteiger charge is -2.28. The normalized spacial score (nSPS) is 18.4. The van der Waals surface area contributed by atoms with Crippen LogP contribution >= 0.6 is 11.8 Å². The first kappa shape index (κ1) is 24.0. The van der Waals surface area contributed by atoms with E-state index >= 15 is 0 Å². The number of amides is 1. The summed E-state index contributed by atoms with van der Waals surface area (Å²) in [4.78, 5) is 16.7. The van der Waals surface area contributed by atoms with E-state index in [9.17, 15) is 17.6 Å². The van der Waals surface area contributed by atoms with Crippen molar-refractivity contribution in [3.63, 3.8) is 0 Å². The zero-order valence-corrected chi connectivity index (χ0v) is 20.6. The molecule has 1 amide bonds. The third-order valence-corrected chi connectivity index (χ3v) is 9.49. The second-order valence-corrected chi connectivity index (χ2v) is 11.4. The second kappa shape index (κ2) is 10.0. The van der Waals surface area contributed by atoms with Gasteiger partial charge in [0.2, 0.25) is 10.0 Å². The number of nitrogens with zero attached hydrogens (tertiary/aromatic N) is 2. The fourth-order valence-corrected chi connectivity index (χ4v) is 7.15. The predicted molar refractivity (Wildman–Crippen MR) is 130 cm³/mol. The molecule has 0 spiro atoms. The number of anilines is 1. The molecule has 2 aliphatic rings. The van der Waals surface area contributed by atoms with E-state index in [0.29, 0.717) is 25.1 Å². The summed E-state index contributed by atoms with van der Waals surface area (Å²) in [6, 6.07) is 9.19. The fraction of sp³-hybridized carbons (Fsp3) is 0.458. The largest absolute Gasteiger partial charge is 0.371 e. The minimum atomic E-state index is -3.70. The Hall–Kier alpha value is -2.10. The van der Waals surface area contributed by atoms with Gasteiger partial charge in [-0.3, -0.25) is 4.79 Å². The van der Waals surface area contributed by atoms with Crippen molar-refractivity contribution < 1.29 is 17.6 Å². The Labute approximate surface area is 199 Å². The fourth-order valence-electron chi connectivity index (χ4n) is 4.56. The van der Waals surface area contributed by atoms with Crippen LogP contribution in [-0.4, -0.2) is 50.6 Å². The smallest absolute Gasteiger partial charge is 0.253 e. The SMILES string of the molecule is CCN(CC)S(=O)(=O)c1ccc(N2CCCC2)c(C(=O)NC2CCSc3ccc(F)cc32)c1. The number of hydrogen-bond acceptors (Lipinski definition) is 5. The van der Waals surface area contributed by atoms with Crippen LogP contribution in [0.15, 0.2) is 46.2 Å². The molecule has 6 nitrogen and oxygen atoms in total. The highest BCUT2D eigenvalue weighted by Crippen LogP contribution is 2.37. The lowest BCUT2D eigenvalue weighted by atomic mass is 10.0. The Morgan fingerprint density at radius 2 is 1.88 bits per heavy atom. The highest BCUT2D eigenvalue weighted by Gasteiger charge is 2.29. The number of benzene rings is 2. The number of hydrogen-bond donors (Lipinski definition) is 1. The molecule has 9 heteroatoms. The van der Waals surface area contributed by atoms with Crippen molar-refractivity contribution >= 4 is 33.4 Å². The maximum Gasteiger partial charge on any atom is 0.253 e. The standard InChI is InChI=1S/C24H30FN3O3S2/c1-3-28(4-2)33(30,31)18-8-9-22(27-12-5-6-13-27)20(16-18)24(29)26-21-11-14-32-23-10-7-17(25)15-19(21)23/h7-10,15-16,21H,3-6,11-14H2,1-2H3,(H,26,29). The number of carbonyl (C=O) groups excluding carboxylic acids is 1. The number of thioether (sulfide) groups is 1. The Balaban J connectivity index is 1.71. The van der Waals surface area contributed by atoms with Crippen molar-refractivity contribution in [1.82, 2.24) is 9.62 Å². The van der Waals surface area contributed by atoms with E-state index in [1.54, 1.807) is 43.8 Å². The monoisotopic (exact) mass is 491 g/mol. The number of carbonyl (C=O) groups is 1. The molecule has 1 N–H and O–H groups in total. The molecule has 2 aliphatic heterocycles. The molecule has 1 atom stereocenters. The van der Waals surface area contributed by atoms with Crippen LogP contribution in [0.1, 0.15) is 55.1 Å². The van der Waals surface area contributed by atoms with Crippen LogP contribution in [0.2, 0.25) is 0 Å². The van der Waals surface area contributed by atoms with Gasteiger partial charge in [-0.2, -0.15) is 4.31 Å². The molecule has 4 rings (SSSR count). The van der Waals surface area contributed by atoms with E-state index in [0.717, 1.165) is 47.8 Å². The Morgan fingerprint density at radius 3 is 2.58 bits per heavy atom. The van der Waals surface area contributed by atoms with E-state index in [4.69, 9.17) is 0 Å². The predicted octanol–water partition coefficient (Wildman–Crippen LogP) is 4.42. The van der Waals surface area contributed by atoms with Gasteiger partial charge in [0.05, 0.1) is 16.5 Å². The van der Waals surface area contributed by atoms with Gasteiger partial charge in [-0.1, -0.05) is 13.8 Å². The van der Waals surface area contributed by atoms with Gasteiger partial charge in [0.25, 0.3) is 5.91 Å². The summed E-state index contributed by atoms with van der Waals surface area (Å²) in [5, 5.41) is 3.06. The Kier molecular flexibility index (Phi) is 7.31. The molecule has 0 radical (unpaired) electrons. The average molecular weight is 492 g/mol. The van der Waals surface area contributed by atoms with Gasteiger partial charge in [0.15, 0.2) is 0 Å². The minimum absolute atomic E-state index is 0.116. The number of sulfonamides is 1. The van der Waals surface area contributed by atoms with Gasteiger partial charge < -0.3 is 10.2 Å². The van der Waals surface area contributed by atoms with Gasteiger partial charge in [0.1, 0.15) is 5.82 Å². The zero-order chi connectivity index (χ0) is 23.6. The maximum atomic E-state index is 13.9. The third kappa shape index (κ3) is 4.90. The van der Waals surface area contributed by atoms with Gasteiger partial charge in [-0.05, 0) is 61.2 Å². The second-order valence-electron chi connectivity index (χ2n) is 8.31. The third-order valence-electron chi connectivity index (χ3n) is 6.32. The first-order valence-corrected chi connectivity index (χ1v) is 13.9. The van der Waals surface area contributed by atoms with Crippen molar-refractivity contribution in [1.29, 1.82) is 0 Å². The van der Waals surface area contributed by atoms with Gasteiger partial charge in [0, 0.05) is 42.5 Å². The molecule has 0 saturated carbocycles. The van der Waals surface area contributed by atoms with Crippen molar-refractivity contribution in [3.05, 3.63) is 53.3 Å². The van der Waals surface area contributed by atoms with Crippen LogP contribution in [0.4, 0.5) is 10.1 Å². The molecule has 178 valence electrons. The van der Waals surface area contributed by atoms with Gasteiger partial charge in [-0.15, -0.1) is 11.8 Å². The van der Waals surface area contributed by atoms with Crippen molar-refractivity contribution in [3.8, 4) is 0 Å². The lowest BCUT2D eigenvalue weighted by molar-refractivity contribution is 0.0935. The van der Waals surface area contributed by atoms with E-state index in [2.05, 4.69) is 10.2 Å². The van der Waals surface area contributed by atoms with Crippen LogP contribution in [0.5, 0.6) is 0 Å². The number of fused-ring (bicyclic) bond motifs is 1. The van der Waals surface area contributed by atoms with Crippen LogP contribution in [0.3, 0.4) is 0 Å². The van der Waals surface area contributed by atoms with Crippen molar-refractivity contribution in [2.24, 2.45) is 0 Å². The molecule has 0 aromatic heterocycles. The summed E-state index contributed by atoms with van der Waals surface area (Å²) >= 11 is 1.65. The molecular formula is C24H30FN3O3S2. The first-order valence-electron chi connectivity index (χ1n) is 11.5. The Bertz CT molecular complexity index is 1130. The molecular weight excluding hydrogens is 461 g/mol. The highest BCUT2D eigenvalue weighted by atomic mass is 32.2. The van der Waals surface area contributed by atoms with Crippen LogP contribution in [0, 0.1) is 5.82 Å². The zero-order valence-electron chi connectivity index (χ0n) is 19.0. The molecule has 1 saturated heterocycles. The summed E-state index contributed by atoms with van der Waals surface area (Å²) in [5.41, 5.74) is 1.86. The van der Waals surface area contributed by atoms with Crippen LogP contribution in [-0.2, 0) is 10.0 Å². The first-order chi connectivity index (χ1) is 15.8. The molecule has 1 unspecified atom stereocenters. The van der Waals surface area contributed by atoms with Crippen LogP contribution < -0.4 is 10.2 Å². The van der Waals surface area contributed by atoms with E-state index < -0.39 is 10.0 Å². The summed E-state index contributed by atoms with van der Waals surface area (Å²) < 4.78 is 41.6. The number of nitrogens with one attached hydrogen (secondary N) is 1. The molecule has 1 fully saturated rings. The number of halogens is 1. The molecule has 2 heterocycles.